The van der Waals surface area contributed by atoms with Crippen LogP contribution < -0.4 is 10.6 Å². The molecule has 0 heterocycles. The van der Waals surface area contributed by atoms with Gasteiger partial charge in [0.05, 0.1) is 6.54 Å². The summed E-state index contributed by atoms with van der Waals surface area (Å²) in [6, 6.07) is 7.12. The molecule has 1 rings (SSSR count). The molecular weight excluding hydrogens is 228 g/mol. The molecule has 0 aromatic heterocycles. The fourth-order valence-corrected chi connectivity index (χ4v) is 1.41. The monoisotopic (exact) mass is 250 g/mol. The zero-order valence-corrected chi connectivity index (χ0v) is 11.2. The number of carbonyl (C=O) groups excluding carboxylic acids is 1. The molecule has 1 amide bonds. The van der Waals surface area contributed by atoms with Crippen LogP contribution in [0.4, 0.5) is 0 Å². The van der Waals surface area contributed by atoms with Crippen LogP contribution in [0, 0.1) is 5.92 Å². The van der Waals surface area contributed by atoms with Crippen molar-refractivity contribution in [2.24, 2.45) is 5.92 Å². The normalized spacial score (nSPS) is 12.4. The summed E-state index contributed by atoms with van der Waals surface area (Å²) in [6.45, 7) is 7.08. The molecule has 1 atom stereocenters. The van der Waals surface area contributed by atoms with Crippen molar-refractivity contribution >= 4 is 5.91 Å². The Hall–Kier alpha value is -1.55. The third kappa shape index (κ3) is 5.19. The van der Waals surface area contributed by atoms with Gasteiger partial charge in [0.15, 0.2) is 0 Å². The number of phenolic OH excluding ortho intramolecular Hbond substituents is 1. The van der Waals surface area contributed by atoms with E-state index >= 15 is 0 Å². The lowest BCUT2D eigenvalue weighted by Gasteiger charge is -2.17. The lowest BCUT2D eigenvalue weighted by Crippen LogP contribution is -2.41. The Balaban J connectivity index is 2.25. The first-order valence-electron chi connectivity index (χ1n) is 6.27. The number of carbonyl (C=O) groups is 1. The van der Waals surface area contributed by atoms with Gasteiger partial charge in [-0.15, -0.1) is 0 Å². The van der Waals surface area contributed by atoms with E-state index in [1.165, 1.54) is 0 Å². The van der Waals surface area contributed by atoms with Crippen LogP contribution in [0.5, 0.6) is 5.75 Å². The molecule has 0 saturated heterocycles. The highest BCUT2D eigenvalue weighted by Gasteiger charge is 2.09. The summed E-state index contributed by atoms with van der Waals surface area (Å²) in [4.78, 5) is 11.6. The fraction of sp³-hybridized carbons (Fsp3) is 0.500. The number of aromatic hydroxyl groups is 1. The number of nitrogens with one attached hydrogen (secondary N) is 2. The first kappa shape index (κ1) is 14.5. The van der Waals surface area contributed by atoms with Crippen LogP contribution in [0.3, 0.4) is 0 Å². The Morgan fingerprint density at radius 1 is 1.22 bits per heavy atom. The molecule has 0 radical (unpaired) electrons. The topological polar surface area (TPSA) is 61.4 Å². The van der Waals surface area contributed by atoms with Gasteiger partial charge in [-0.3, -0.25) is 4.79 Å². The van der Waals surface area contributed by atoms with Gasteiger partial charge in [0.25, 0.3) is 0 Å². The Morgan fingerprint density at radius 2 is 1.83 bits per heavy atom. The summed E-state index contributed by atoms with van der Waals surface area (Å²) in [7, 11) is 0. The van der Waals surface area contributed by atoms with Crippen molar-refractivity contribution in [3.8, 4) is 5.75 Å². The molecule has 100 valence electrons. The number of phenols is 1. The van der Waals surface area contributed by atoms with E-state index in [4.69, 9.17) is 5.11 Å². The molecule has 4 nitrogen and oxygen atoms in total. The Bertz CT molecular complexity index is 374. The molecule has 0 aliphatic heterocycles. The SMILES string of the molecule is CC(C)C(C)NC(=O)CNCc1ccc(O)cc1. The summed E-state index contributed by atoms with van der Waals surface area (Å²) >= 11 is 0. The van der Waals surface area contributed by atoms with E-state index in [0.29, 0.717) is 19.0 Å². The smallest absolute Gasteiger partial charge is 0.234 e. The highest BCUT2D eigenvalue weighted by atomic mass is 16.3. The maximum Gasteiger partial charge on any atom is 0.234 e. The van der Waals surface area contributed by atoms with Gasteiger partial charge in [0.1, 0.15) is 5.75 Å². The minimum Gasteiger partial charge on any atom is -0.508 e. The molecule has 1 aromatic rings. The molecule has 1 unspecified atom stereocenters. The first-order valence-corrected chi connectivity index (χ1v) is 6.27. The van der Waals surface area contributed by atoms with Crippen LogP contribution >= 0.6 is 0 Å². The maximum atomic E-state index is 11.6. The predicted octanol–water partition coefficient (Wildman–Crippen LogP) is 1.64. The lowest BCUT2D eigenvalue weighted by atomic mass is 10.1. The number of hydrogen-bond acceptors (Lipinski definition) is 3. The van der Waals surface area contributed by atoms with Crippen molar-refractivity contribution in [1.82, 2.24) is 10.6 Å². The lowest BCUT2D eigenvalue weighted by molar-refractivity contribution is -0.121. The van der Waals surface area contributed by atoms with Crippen molar-refractivity contribution < 1.29 is 9.90 Å². The number of benzene rings is 1. The highest BCUT2D eigenvalue weighted by molar-refractivity contribution is 5.78. The van der Waals surface area contributed by atoms with Crippen LogP contribution in [-0.4, -0.2) is 23.6 Å². The van der Waals surface area contributed by atoms with Gasteiger partial charge < -0.3 is 15.7 Å². The molecule has 0 aliphatic carbocycles. The maximum absolute atomic E-state index is 11.6. The minimum atomic E-state index is 0.00924. The molecule has 0 spiro atoms. The average molecular weight is 250 g/mol. The highest BCUT2D eigenvalue weighted by Crippen LogP contribution is 2.08. The molecule has 0 aliphatic rings. The molecule has 3 N–H and O–H groups in total. The molecular formula is C14H22N2O2. The zero-order chi connectivity index (χ0) is 13.5. The van der Waals surface area contributed by atoms with Gasteiger partial charge in [-0.05, 0) is 30.5 Å². The van der Waals surface area contributed by atoms with Crippen molar-refractivity contribution in [3.63, 3.8) is 0 Å². The van der Waals surface area contributed by atoms with E-state index in [1.54, 1.807) is 12.1 Å². The molecule has 0 saturated carbocycles. The summed E-state index contributed by atoms with van der Waals surface area (Å²) in [5, 5.41) is 15.1. The average Bonchev–Trinajstić information content (AvgIpc) is 2.31. The third-order valence-electron chi connectivity index (χ3n) is 2.94. The van der Waals surface area contributed by atoms with Crippen molar-refractivity contribution in [1.29, 1.82) is 0 Å². The second kappa shape index (κ2) is 7.01. The van der Waals surface area contributed by atoms with E-state index in [0.717, 1.165) is 5.56 Å². The van der Waals surface area contributed by atoms with Crippen LogP contribution in [0.2, 0.25) is 0 Å². The Morgan fingerprint density at radius 3 is 2.39 bits per heavy atom. The van der Waals surface area contributed by atoms with Gasteiger partial charge in [-0.2, -0.15) is 0 Å². The van der Waals surface area contributed by atoms with Gasteiger partial charge in [-0.25, -0.2) is 0 Å². The van der Waals surface area contributed by atoms with E-state index in [-0.39, 0.29) is 17.7 Å². The number of amides is 1. The molecule has 18 heavy (non-hydrogen) atoms. The van der Waals surface area contributed by atoms with Gasteiger partial charge in [-0.1, -0.05) is 26.0 Å². The van der Waals surface area contributed by atoms with Gasteiger partial charge >= 0.3 is 0 Å². The Labute approximate surface area is 108 Å². The van der Waals surface area contributed by atoms with Gasteiger partial charge in [0.2, 0.25) is 5.91 Å². The standard InChI is InChI=1S/C14H22N2O2/c1-10(2)11(3)16-14(18)9-15-8-12-4-6-13(17)7-5-12/h4-7,10-11,15,17H,8-9H2,1-3H3,(H,16,18). The zero-order valence-electron chi connectivity index (χ0n) is 11.2. The summed E-state index contributed by atoms with van der Waals surface area (Å²) in [6.07, 6.45) is 0. The molecule has 4 heteroatoms. The summed E-state index contributed by atoms with van der Waals surface area (Å²) < 4.78 is 0. The van der Waals surface area contributed by atoms with E-state index in [1.807, 2.05) is 19.1 Å². The summed E-state index contributed by atoms with van der Waals surface area (Å²) in [5.41, 5.74) is 1.04. The quantitative estimate of drug-likeness (QED) is 0.719. The van der Waals surface area contributed by atoms with Crippen LogP contribution in [-0.2, 0) is 11.3 Å². The number of rotatable bonds is 6. The molecule has 1 aromatic carbocycles. The second-order valence-corrected chi connectivity index (χ2v) is 4.87. The Kier molecular flexibility index (Phi) is 5.65. The van der Waals surface area contributed by atoms with Crippen molar-refractivity contribution in [2.75, 3.05) is 6.54 Å². The minimum absolute atomic E-state index is 0.00924. The van der Waals surface area contributed by atoms with Crippen LogP contribution in [0.1, 0.15) is 26.3 Å². The van der Waals surface area contributed by atoms with Crippen LogP contribution in [0.25, 0.3) is 0 Å². The second-order valence-electron chi connectivity index (χ2n) is 4.87. The van der Waals surface area contributed by atoms with E-state index in [2.05, 4.69) is 24.5 Å². The third-order valence-corrected chi connectivity index (χ3v) is 2.94. The predicted molar refractivity (Wildman–Crippen MR) is 72.3 cm³/mol. The van der Waals surface area contributed by atoms with Crippen LogP contribution in [0.15, 0.2) is 24.3 Å². The molecule has 0 bridgehead atoms. The van der Waals surface area contributed by atoms with Gasteiger partial charge in [0, 0.05) is 12.6 Å². The fourth-order valence-electron chi connectivity index (χ4n) is 1.41. The van der Waals surface area contributed by atoms with E-state index in [9.17, 15) is 4.79 Å². The largest absolute Gasteiger partial charge is 0.508 e. The first-order chi connectivity index (χ1) is 8.49. The van der Waals surface area contributed by atoms with Crippen molar-refractivity contribution in [3.05, 3.63) is 29.8 Å². The number of hydrogen-bond donors (Lipinski definition) is 3. The van der Waals surface area contributed by atoms with E-state index < -0.39 is 0 Å². The van der Waals surface area contributed by atoms with Crippen molar-refractivity contribution in [2.45, 2.75) is 33.4 Å². The summed E-state index contributed by atoms with van der Waals surface area (Å²) in [5.74, 6) is 0.697. The molecule has 0 fully saturated rings.